The monoisotopic (exact) mass is 315 g/mol. The van der Waals surface area contributed by atoms with E-state index in [2.05, 4.69) is 5.32 Å². The van der Waals surface area contributed by atoms with Crippen LogP contribution in [0.3, 0.4) is 0 Å². The standard InChI is InChI=1S/C12H13N3.H2O4S.H2O/c13-9-1-5-11(6-2-9)15-12-7-3-10(14)4-8-12;1-5(2,3)4;/h1-8,15H,13-14H2;(H2,1,2,3,4);1H2. The van der Waals surface area contributed by atoms with Gasteiger partial charge in [0.2, 0.25) is 0 Å². The summed E-state index contributed by atoms with van der Waals surface area (Å²) in [6.45, 7) is 0. The first kappa shape index (κ1) is 18.7. The number of nitrogens with two attached hydrogens (primary N) is 2. The molecule has 0 saturated heterocycles. The zero-order chi connectivity index (χ0) is 15.2. The number of benzene rings is 2. The van der Waals surface area contributed by atoms with Gasteiger partial charge in [-0.3, -0.25) is 9.11 Å². The summed E-state index contributed by atoms with van der Waals surface area (Å²) >= 11 is 0. The maximum absolute atomic E-state index is 8.74. The van der Waals surface area contributed by atoms with Gasteiger partial charge in [0.1, 0.15) is 0 Å². The minimum Gasteiger partial charge on any atom is -0.412 e. The van der Waals surface area contributed by atoms with Crippen LogP contribution in [-0.4, -0.2) is 23.0 Å². The number of nitrogens with one attached hydrogen (secondary N) is 1. The Hall–Kier alpha value is -2.33. The van der Waals surface area contributed by atoms with Crippen LogP contribution in [0.15, 0.2) is 48.5 Å². The molecule has 0 atom stereocenters. The first-order chi connectivity index (χ1) is 9.24. The first-order valence-electron chi connectivity index (χ1n) is 5.42. The number of hydrogen-bond donors (Lipinski definition) is 5. The molecule has 8 nitrogen and oxygen atoms in total. The number of nitrogen functional groups attached to an aromatic ring is 2. The molecule has 0 aromatic heterocycles. The molecule has 0 bridgehead atoms. The maximum atomic E-state index is 8.74. The Morgan fingerprint density at radius 2 is 1.00 bits per heavy atom. The van der Waals surface area contributed by atoms with Crippen molar-refractivity contribution in [3.05, 3.63) is 48.5 Å². The molecule has 2 rings (SSSR count). The Kier molecular flexibility index (Phi) is 7.17. The van der Waals surface area contributed by atoms with Crippen molar-refractivity contribution in [2.24, 2.45) is 0 Å². The minimum absolute atomic E-state index is 0. The van der Waals surface area contributed by atoms with E-state index in [4.69, 9.17) is 29.0 Å². The summed E-state index contributed by atoms with van der Waals surface area (Å²) in [5.41, 5.74) is 14.7. The van der Waals surface area contributed by atoms with Crippen LogP contribution in [0.5, 0.6) is 0 Å². The van der Waals surface area contributed by atoms with Gasteiger partial charge in [0.05, 0.1) is 0 Å². The molecule has 0 heterocycles. The SMILES string of the molecule is Nc1ccc(Nc2ccc(N)cc2)cc1.O.O=S(=O)(O)O. The highest BCUT2D eigenvalue weighted by molar-refractivity contribution is 7.79. The van der Waals surface area contributed by atoms with Crippen LogP contribution in [0.4, 0.5) is 22.7 Å². The van der Waals surface area contributed by atoms with Crippen LogP contribution >= 0.6 is 0 Å². The van der Waals surface area contributed by atoms with E-state index >= 15 is 0 Å². The molecule has 0 aliphatic rings. The fourth-order valence-electron chi connectivity index (χ4n) is 1.30. The van der Waals surface area contributed by atoms with Crippen LogP contribution in [0.2, 0.25) is 0 Å². The highest BCUT2D eigenvalue weighted by Crippen LogP contribution is 2.18. The fraction of sp³-hybridized carbons (Fsp3) is 0. The summed E-state index contributed by atoms with van der Waals surface area (Å²) < 4.78 is 31.6. The van der Waals surface area contributed by atoms with Gasteiger partial charge in [-0.1, -0.05) is 0 Å². The lowest BCUT2D eigenvalue weighted by atomic mass is 10.2. The van der Waals surface area contributed by atoms with Crippen molar-refractivity contribution < 1.29 is 23.0 Å². The van der Waals surface area contributed by atoms with Crippen molar-refractivity contribution in [1.29, 1.82) is 0 Å². The van der Waals surface area contributed by atoms with Gasteiger partial charge in [0, 0.05) is 22.7 Å². The van der Waals surface area contributed by atoms with Crippen molar-refractivity contribution in [3.8, 4) is 0 Å². The Balaban J connectivity index is 0.000000583. The van der Waals surface area contributed by atoms with Gasteiger partial charge in [-0.2, -0.15) is 8.42 Å². The van der Waals surface area contributed by atoms with Crippen molar-refractivity contribution in [3.63, 3.8) is 0 Å². The van der Waals surface area contributed by atoms with Gasteiger partial charge in [0.25, 0.3) is 0 Å². The molecule has 2 aromatic carbocycles. The fourth-order valence-corrected chi connectivity index (χ4v) is 1.30. The van der Waals surface area contributed by atoms with Crippen molar-refractivity contribution >= 4 is 33.1 Å². The molecule has 0 saturated carbocycles. The van der Waals surface area contributed by atoms with Gasteiger partial charge in [0.15, 0.2) is 0 Å². The maximum Gasteiger partial charge on any atom is 0.394 e. The predicted molar refractivity (Wildman–Crippen MR) is 82.8 cm³/mol. The molecule has 21 heavy (non-hydrogen) atoms. The number of rotatable bonds is 2. The zero-order valence-corrected chi connectivity index (χ0v) is 11.7. The average Bonchev–Trinajstić information content (AvgIpc) is 2.33. The summed E-state index contributed by atoms with van der Waals surface area (Å²) in [6, 6.07) is 15.2. The van der Waals surface area contributed by atoms with E-state index in [1.54, 1.807) is 0 Å². The number of hydrogen-bond acceptors (Lipinski definition) is 5. The molecule has 116 valence electrons. The Bertz CT molecular complexity index is 590. The summed E-state index contributed by atoms with van der Waals surface area (Å²) in [5.74, 6) is 0. The van der Waals surface area contributed by atoms with E-state index in [1.807, 2.05) is 48.5 Å². The molecule has 0 radical (unpaired) electrons. The quantitative estimate of drug-likeness (QED) is 0.408. The van der Waals surface area contributed by atoms with Crippen LogP contribution in [0, 0.1) is 0 Å². The summed E-state index contributed by atoms with van der Waals surface area (Å²) in [6.07, 6.45) is 0. The second-order valence-corrected chi connectivity index (χ2v) is 4.71. The lowest BCUT2D eigenvalue weighted by Crippen LogP contribution is -1.91. The second kappa shape index (κ2) is 8.07. The lowest BCUT2D eigenvalue weighted by molar-refractivity contribution is 0.381. The van der Waals surface area contributed by atoms with Crippen molar-refractivity contribution in [2.45, 2.75) is 0 Å². The molecule has 9 heteroatoms. The molecule has 0 fully saturated rings. The molecule has 2 aromatic rings. The first-order valence-corrected chi connectivity index (χ1v) is 6.82. The van der Waals surface area contributed by atoms with E-state index in [0.29, 0.717) is 0 Å². The Labute approximate surface area is 122 Å². The average molecular weight is 315 g/mol. The van der Waals surface area contributed by atoms with Crippen LogP contribution in [0.25, 0.3) is 0 Å². The van der Waals surface area contributed by atoms with Crippen molar-refractivity contribution in [1.82, 2.24) is 0 Å². The normalized spacial score (nSPS) is 9.81. The predicted octanol–water partition coefficient (Wildman–Crippen LogP) is 1.12. The molecule has 0 aliphatic carbocycles. The highest BCUT2D eigenvalue weighted by Gasteiger charge is 1.93. The molecule has 0 amide bonds. The third-order valence-corrected chi connectivity index (χ3v) is 2.11. The van der Waals surface area contributed by atoms with E-state index in [-0.39, 0.29) is 5.48 Å². The smallest absolute Gasteiger partial charge is 0.394 e. The zero-order valence-electron chi connectivity index (χ0n) is 10.9. The summed E-state index contributed by atoms with van der Waals surface area (Å²) in [5, 5.41) is 3.25. The Morgan fingerprint density at radius 3 is 1.24 bits per heavy atom. The Morgan fingerprint density at radius 1 is 0.762 bits per heavy atom. The largest absolute Gasteiger partial charge is 0.412 e. The summed E-state index contributed by atoms with van der Waals surface area (Å²) in [4.78, 5) is 0. The second-order valence-electron chi connectivity index (χ2n) is 3.82. The minimum atomic E-state index is -4.67. The van der Waals surface area contributed by atoms with Gasteiger partial charge in [-0.15, -0.1) is 0 Å². The molecule has 9 N–H and O–H groups in total. The van der Waals surface area contributed by atoms with Gasteiger partial charge >= 0.3 is 10.4 Å². The van der Waals surface area contributed by atoms with Crippen LogP contribution < -0.4 is 16.8 Å². The number of anilines is 4. The van der Waals surface area contributed by atoms with Gasteiger partial charge in [-0.05, 0) is 48.5 Å². The molecular weight excluding hydrogens is 298 g/mol. The lowest BCUT2D eigenvalue weighted by Gasteiger charge is -2.06. The van der Waals surface area contributed by atoms with Crippen LogP contribution in [0.1, 0.15) is 0 Å². The van der Waals surface area contributed by atoms with Crippen LogP contribution in [-0.2, 0) is 10.4 Å². The van der Waals surface area contributed by atoms with E-state index in [0.717, 1.165) is 22.7 Å². The molecule has 0 aliphatic heterocycles. The van der Waals surface area contributed by atoms with E-state index < -0.39 is 10.4 Å². The third-order valence-electron chi connectivity index (χ3n) is 2.11. The topological polar surface area (TPSA) is 170 Å². The van der Waals surface area contributed by atoms with Gasteiger partial charge in [-0.25, -0.2) is 0 Å². The van der Waals surface area contributed by atoms with Gasteiger partial charge < -0.3 is 22.3 Å². The summed E-state index contributed by atoms with van der Waals surface area (Å²) in [7, 11) is -4.67. The third kappa shape index (κ3) is 9.24. The van der Waals surface area contributed by atoms with Crippen molar-refractivity contribution in [2.75, 3.05) is 16.8 Å². The highest BCUT2D eigenvalue weighted by atomic mass is 32.3. The molecule has 0 spiro atoms. The molecular formula is C12H17N3O5S. The molecule has 0 unspecified atom stereocenters. The van der Waals surface area contributed by atoms with E-state index in [1.165, 1.54) is 0 Å². The van der Waals surface area contributed by atoms with E-state index in [9.17, 15) is 0 Å².